The van der Waals surface area contributed by atoms with Crippen molar-refractivity contribution in [1.82, 2.24) is 4.98 Å². The lowest BCUT2D eigenvalue weighted by molar-refractivity contribution is 0.301. The monoisotopic (exact) mass is 353 g/mol. The number of nitrogens with one attached hydrogen (secondary N) is 1. The molecule has 1 aliphatic carbocycles. The highest BCUT2D eigenvalue weighted by molar-refractivity contribution is 8.00. The second-order valence-electron chi connectivity index (χ2n) is 6.44. The second kappa shape index (κ2) is 7.30. The van der Waals surface area contributed by atoms with Crippen LogP contribution in [0, 0.1) is 5.92 Å². The summed E-state index contributed by atoms with van der Waals surface area (Å²) in [6.45, 7) is 2.24. The standard InChI is InChI=1S/C16H27N5S2/c1-2-3-7-10-22-16(11-8-5-4-6-9-11)20-13(17)12-14(21-16)19-15(18)23-12/h11,21H,2-10H2,1H3,(H2,17,20)(H2,18,19). The summed E-state index contributed by atoms with van der Waals surface area (Å²) in [6.07, 6.45) is 10.0. The molecule has 1 aromatic heterocycles. The molecule has 1 unspecified atom stereocenters. The van der Waals surface area contributed by atoms with Gasteiger partial charge in [-0.05, 0) is 25.0 Å². The highest BCUT2D eigenvalue weighted by Gasteiger charge is 2.43. The molecule has 2 heterocycles. The number of hydrogen-bond donors (Lipinski definition) is 3. The van der Waals surface area contributed by atoms with Gasteiger partial charge >= 0.3 is 0 Å². The van der Waals surface area contributed by atoms with E-state index in [0.29, 0.717) is 16.9 Å². The zero-order valence-corrected chi connectivity index (χ0v) is 15.4. The van der Waals surface area contributed by atoms with Gasteiger partial charge in [0.1, 0.15) is 10.7 Å². The summed E-state index contributed by atoms with van der Waals surface area (Å²) in [5, 5.41) is 4.18. The minimum atomic E-state index is -0.355. The molecule has 5 nitrogen and oxygen atoms in total. The van der Waals surface area contributed by atoms with E-state index in [2.05, 4.69) is 17.2 Å². The fourth-order valence-electron chi connectivity index (χ4n) is 3.48. The molecule has 23 heavy (non-hydrogen) atoms. The zero-order chi connectivity index (χ0) is 16.3. The van der Waals surface area contributed by atoms with Crippen LogP contribution in [-0.2, 0) is 0 Å². The highest BCUT2D eigenvalue weighted by atomic mass is 32.2. The van der Waals surface area contributed by atoms with Gasteiger partial charge < -0.3 is 16.8 Å². The third kappa shape index (κ3) is 3.60. The van der Waals surface area contributed by atoms with Crippen LogP contribution in [0.4, 0.5) is 10.9 Å². The molecule has 1 aromatic rings. The summed E-state index contributed by atoms with van der Waals surface area (Å²) in [7, 11) is 0. The first kappa shape index (κ1) is 16.9. The van der Waals surface area contributed by atoms with Gasteiger partial charge in [0.05, 0.1) is 0 Å². The summed E-state index contributed by atoms with van der Waals surface area (Å²) < 4.78 is 0. The molecule has 5 N–H and O–H groups in total. The van der Waals surface area contributed by atoms with Crippen molar-refractivity contribution in [3.8, 4) is 0 Å². The van der Waals surface area contributed by atoms with Crippen molar-refractivity contribution in [2.24, 2.45) is 16.6 Å². The van der Waals surface area contributed by atoms with Gasteiger partial charge in [0, 0.05) is 5.92 Å². The third-order valence-electron chi connectivity index (χ3n) is 4.69. The Morgan fingerprint density at radius 3 is 2.78 bits per heavy atom. The predicted octanol–water partition coefficient (Wildman–Crippen LogP) is 4.01. The number of hydrogen-bond acceptors (Lipinski definition) is 7. The van der Waals surface area contributed by atoms with Crippen molar-refractivity contribution >= 4 is 39.9 Å². The number of nitrogen functional groups attached to an aromatic ring is 1. The average molecular weight is 354 g/mol. The van der Waals surface area contributed by atoms with E-state index < -0.39 is 0 Å². The van der Waals surface area contributed by atoms with Gasteiger partial charge in [-0.1, -0.05) is 50.4 Å². The molecule has 0 amide bonds. The lowest BCUT2D eigenvalue weighted by Gasteiger charge is -2.42. The predicted molar refractivity (Wildman–Crippen MR) is 102 cm³/mol. The third-order valence-corrected chi connectivity index (χ3v) is 7.06. The van der Waals surface area contributed by atoms with E-state index in [1.165, 1.54) is 62.7 Å². The lowest BCUT2D eigenvalue weighted by atomic mass is 9.86. The molecule has 1 aliphatic heterocycles. The van der Waals surface area contributed by atoms with E-state index in [1.54, 1.807) is 0 Å². The smallest absolute Gasteiger partial charge is 0.183 e. The van der Waals surface area contributed by atoms with Crippen LogP contribution >= 0.6 is 23.1 Å². The molecular formula is C16H27N5S2. The number of aliphatic imine (C=N–C) groups is 1. The van der Waals surface area contributed by atoms with Gasteiger partial charge in [0.15, 0.2) is 15.9 Å². The Bertz CT molecular complexity index is 565. The molecule has 1 atom stereocenters. The van der Waals surface area contributed by atoms with Crippen molar-refractivity contribution in [3.05, 3.63) is 4.88 Å². The quantitative estimate of drug-likeness (QED) is 0.672. The first-order valence-electron chi connectivity index (χ1n) is 8.69. The van der Waals surface area contributed by atoms with E-state index in [9.17, 15) is 0 Å². The maximum atomic E-state index is 6.28. The number of nitrogens with zero attached hydrogens (tertiary/aromatic N) is 2. The van der Waals surface area contributed by atoms with Crippen LogP contribution in [0.2, 0.25) is 0 Å². The number of fused-ring (bicyclic) bond motifs is 1. The maximum Gasteiger partial charge on any atom is 0.183 e. The van der Waals surface area contributed by atoms with Crippen LogP contribution in [0.25, 0.3) is 0 Å². The van der Waals surface area contributed by atoms with Crippen LogP contribution < -0.4 is 16.8 Å². The van der Waals surface area contributed by atoms with Gasteiger partial charge in [0.25, 0.3) is 0 Å². The van der Waals surface area contributed by atoms with Crippen molar-refractivity contribution in [2.75, 3.05) is 16.8 Å². The molecule has 0 aromatic carbocycles. The van der Waals surface area contributed by atoms with E-state index in [0.717, 1.165) is 16.4 Å². The summed E-state index contributed by atoms with van der Waals surface area (Å²) in [5.74, 6) is 3.04. The Hall–Kier alpha value is -0.950. The molecule has 0 saturated heterocycles. The van der Waals surface area contributed by atoms with E-state index in [4.69, 9.17) is 16.5 Å². The van der Waals surface area contributed by atoms with Crippen molar-refractivity contribution < 1.29 is 0 Å². The molecular weight excluding hydrogens is 326 g/mol. The van der Waals surface area contributed by atoms with E-state index in [1.807, 2.05) is 11.8 Å². The largest absolute Gasteiger partial charge is 0.383 e. The van der Waals surface area contributed by atoms with Crippen LogP contribution in [0.3, 0.4) is 0 Å². The summed E-state index contributed by atoms with van der Waals surface area (Å²) in [4.78, 5) is 9.93. The molecule has 0 spiro atoms. The number of aromatic nitrogens is 1. The number of nitrogens with two attached hydrogens (primary N) is 2. The number of thioether (sulfide) groups is 1. The van der Waals surface area contributed by atoms with Gasteiger partial charge in [0.2, 0.25) is 0 Å². The number of rotatable bonds is 6. The van der Waals surface area contributed by atoms with Gasteiger partial charge in [-0.15, -0.1) is 11.8 Å². The number of anilines is 2. The number of thiazole rings is 1. The molecule has 2 aliphatic rings. The van der Waals surface area contributed by atoms with Crippen LogP contribution in [0.5, 0.6) is 0 Å². The fourth-order valence-corrected chi connectivity index (χ4v) is 5.63. The minimum absolute atomic E-state index is 0.355. The van der Waals surface area contributed by atoms with Crippen LogP contribution in [0.1, 0.15) is 63.2 Å². The van der Waals surface area contributed by atoms with Crippen LogP contribution in [0.15, 0.2) is 4.99 Å². The van der Waals surface area contributed by atoms with Gasteiger partial charge in [-0.25, -0.2) is 9.98 Å². The highest BCUT2D eigenvalue weighted by Crippen LogP contribution is 2.46. The molecule has 0 radical (unpaired) electrons. The summed E-state index contributed by atoms with van der Waals surface area (Å²) in [6, 6.07) is 0. The minimum Gasteiger partial charge on any atom is -0.383 e. The second-order valence-corrected chi connectivity index (χ2v) is 8.79. The Labute approximate surface area is 146 Å². The van der Waals surface area contributed by atoms with Gasteiger partial charge in [-0.3, -0.25) is 0 Å². The number of unbranched alkanes of at least 4 members (excludes halogenated alkanes) is 2. The molecule has 3 rings (SSSR count). The first-order chi connectivity index (χ1) is 11.1. The summed E-state index contributed by atoms with van der Waals surface area (Å²) in [5.41, 5.74) is 12.2. The molecule has 128 valence electrons. The molecule has 0 bridgehead atoms. The Morgan fingerprint density at radius 2 is 2.04 bits per heavy atom. The maximum absolute atomic E-state index is 6.28. The van der Waals surface area contributed by atoms with Crippen LogP contribution in [-0.4, -0.2) is 21.6 Å². The molecule has 7 heteroatoms. The molecule has 1 saturated carbocycles. The normalized spacial score (nSPS) is 24.8. The molecule has 1 fully saturated rings. The zero-order valence-electron chi connectivity index (χ0n) is 13.8. The van der Waals surface area contributed by atoms with Crippen molar-refractivity contribution in [2.45, 2.75) is 63.3 Å². The van der Waals surface area contributed by atoms with E-state index in [-0.39, 0.29) is 4.99 Å². The Balaban J connectivity index is 1.84. The first-order valence-corrected chi connectivity index (χ1v) is 10.5. The Morgan fingerprint density at radius 1 is 1.26 bits per heavy atom. The van der Waals surface area contributed by atoms with Crippen molar-refractivity contribution in [1.29, 1.82) is 0 Å². The number of amidine groups is 1. The Kier molecular flexibility index (Phi) is 5.36. The fraction of sp³-hybridized carbons (Fsp3) is 0.750. The SMILES string of the molecule is CCCCCSC1(C2CCCCC2)N=C(N)c2sc(N)nc2N1. The lowest BCUT2D eigenvalue weighted by Crippen LogP contribution is -2.46. The topological polar surface area (TPSA) is 89.3 Å². The van der Waals surface area contributed by atoms with Crippen molar-refractivity contribution in [3.63, 3.8) is 0 Å². The average Bonchev–Trinajstić information content (AvgIpc) is 2.93. The summed E-state index contributed by atoms with van der Waals surface area (Å²) >= 11 is 3.33. The van der Waals surface area contributed by atoms with E-state index >= 15 is 0 Å². The van der Waals surface area contributed by atoms with Gasteiger partial charge in [-0.2, -0.15) is 0 Å².